The number of hydrogen-bond donors (Lipinski definition) is 0. The van der Waals surface area contributed by atoms with Gasteiger partial charge >= 0.3 is 0 Å². The summed E-state index contributed by atoms with van der Waals surface area (Å²) in [5.74, 6) is 1.11. The van der Waals surface area contributed by atoms with Crippen molar-refractivity contribution in [1.82, 2.24) is 9.55 Å². The fourth-order valence-corrected chi connectivity index (χ4v) is 0.881. The normalized spacial score (nSPS) is 8.18. The van der Waals surface area contributed by atoms with Crippen LogP contribution in [0.5, 0.6) is 0 Å². The van der Waals surface area contributed by atoms with Gasteiger partial charge in [-0.05, 0) is 13.3 Å². The molecule has 1 aromatic rings. The van der Waals surface area contributed by atoms with Crippen molar-refractivity contribution in [3.8, 4) is 0 Å². The van der Waals surface area contributed by atoms with Crippen molar-refractivity contribution < 1.29 is 0 Å². The maximum Gasteiger partial charge on any atom is 0.105 e. The number of hydrogen-bond acceptors (Lipinski definition) is 1. The second-order valence-electron chi connectivity index (χ2n) is 2.17. The van der Waals surface area contributed by atoms with E-state index in [0.717, 1.165) is 12.4 Å². The van der Waals surface area contributed by atoms with Crippen LogP contribution in [-0.4, -0.2) is 9.55 Å². The maximum atomic E-state index is 4.10. The van der Waals surface area contributed by atoms with Crippen LogP contribution in [0.15, 0.2) is 12.4 Å². The van der Waals surface area contributed by atoms with Crippen LogP contribution in [0.3, 0.4) is 0 Å². The fourth-order valence-electron chi connectivity index (χ4n) is 0.881. The first-order chi connectivity index (χ1) is 4.34. The van der Waals surface area contributed by atoms with Gasteiger partial charge < -0.3 is 4.57 Å². The number of nitrogens with zero attached hydrogens (tertiary/aromatic N) is 2. The van der Waals surface area contributed by atoms with E-state index in [9.17, 15) is 0 Å². The number of rotatable bonds is 2. The summed E-state index contributed by atoms with van der Waals surface area (Å²) in [6.45, 7) is 5.28. The van der Waals surface area contributed by atoms with Gasteiger partial charge in [-0.1, -0.05) is 6.92 Å². The Hall–Kier alpha value is -0.210. The molecule has 0 bridgehead atoms. The molecule has 0 aliphatic rings. The Morgan fingerprint density at radius 1 is 1.45 bits per heavy atom. The van der Waals surface area contributed by atoms with Crippen LogP contribution in [0, 0.1) is 6.92 Å². The third-order valence-corrected chi connectivity index (χ3v) is 1.39. The van der Waals surface area contributed by atoms with Crippen LogP contribution >= 0.6 is 24.8 Å². The van der Waals surface area contributed by atoms with Gasteiger partial charge in [-0.15, -0.1) is 24.8 Å². The lowest BCUT2D eigenvalue weighted by Crippen LogP contribution is -1.96. The van der Waals surface area contributed by atoms with E-state index in [4.69, 9.17) is 0 Å². The molecule has 0 radical (unpaired) electrons. The van der Waals surface area contributed by atoms with Gasteiger partial charge in [-0.25, -0.2) is 4.98 Å². The van der Waals surface area contributed by atoms with E-state index in [1.165, 1.54) is 6.42 Å². The van der Waals surface area contributed by atoms with Gasteiger partial charge in [0, 0.05) is 18.9 Å². The van der Waals surface area contributed by atoms with Crippen LogP contribution in [0.4, 0.5) is 0 Å². The van der Waals surface area contributed by atoms with Crippen molar-refractivity contribution in [2.45, 2.75) is 26.8 Å². The standard InChI is InChI=1S/C7H12N2.2ClH/c1-3-5-9-6-4-8-7(9)2;;/h4,6H,3,5H2,1-2H3;2*1H. The summed E-state index contributed by atoms with van der Waals surface area (Å²) < 4.78 is 2.15. The second kappa shape index (κ2) is 6.50. The number of imidazole rings is 1. The molecule has 0 aliphatic heterocycles. The van der Waals surface area contributed by atoms with Gasteiger partial charge in [0.15, 0.2) is 0 Å². The highest BCUT2D eigenvalue weighted by Crippen LogP contribution is 1.95. The molecule has 1 aromatic heterocycles. The largest absolute Gasteiger partial charge is 0.335 e. The minimum absolute atomic E-state index is 0. The maximum absolute atomic E-state index is 4.10. The summed E-state index contributed by atoms with van der Waals surface area (Å²) in [4.78, 5) is 4.10. The van der Waals surface area contributed by atoms with Crippen LogP contribution in [0.25, 0.3) is 0 Å². The molecule has 0 aromatic carbocycles. The monoisotopic (exact) mass is 196 g/mol. The zero-order chi connectivity index (χ0) is 6.69. The molecule has 66 valence electrons. The molecule has 11 heavy (non-hydrogen) atoms. The first kappa shape index (κ1) is 13.4. The highest BCUT2D eigenvalue weighted by atomic mass is 35.5. The lowest BCUT2D eigenvalue weighted by molar-refractivity contribution is 0.658. The average Bonchev–Trinajstić information content (AvgIpc) is 2.18. The van der Waals surface area contributed by atoms with Crippen molar-refractivity contribution in [1.29, 1.82) is 0 Å². The fraction of sp³-hybridized carbons (Fsp3) is 0.571. The van der Waals surface area contributed by atoms with E-state index in [1.54, 1.807) is 0 Å². The number of halogens is 2. The molecule has 4 heteroatoms. The van der Waals surface area contributed by atoms with Crippen molar-refractivity contribution in [3.63, 3.8) is 0 Å². The van der Waals surface area contributed by atoms with E-state index in [0.29, 0.717) is 0 Å². The summed E-state index contributed by atoms with van der Waals surface area (Å²) in [6, 6.07) is 0. The van der Waals surface area contributed by atoms with E-state index in [2.05, 4.69) is 16.5 Å². The van der Waals surface area contributed by atoms with E-state index in [1.807, 2.05) is 19.3 Å². The smallest absolute Gasteiger partial charge is 0.105 e. The molecular formula is C7H14Cl2N2. The lowest BCUT2D eigenvalue weighted by atomic mass is 10.5. The molecule has 1 heterocycles. The Morgan fingerprint density at radius 3 is 2.45 bits per heavy atom. The van der Waals surface area contributed by atoms with Crippen LogP contribution < -0.4 is 0 Å². The van der Waals surface area contributed by atoms with Gasteiger partial charge in [0.05, 0.1) is 0 Å². The van der Waals surface area contributed by atoms with E-state index >= 15 is 0 Å². The van der Waals surface area contributed by atoms with Gasteiger partial charge in [0.1, 0.15) is 5.82 Å². The molecular weight excluding hydrogens is 183 g/mol. The zero-order valence-corrected chi connectivity index (χ0v) is 8.41. The Balaban J connectivity index is 0. The molecule has 1 rings (SSSR count). The van der Waals surface area contributed by atoms with Crippen LogP contribution in [-0.2, 0) is 6.54 Å². The Kier molecular flexibility index (Phi) is 7.91. The van der Waals surface area contributed by atoms with Gasteiger partial charge in [-0.3, -0.25) is 0 Å². The highest BCUT2D eigenvalue weighted by molar-refractivity contribution is 5.85. The Bertz CT molecular complexity index is 186. The first-order valence-electron chi connectivity index (χ1n) is 3.32. The topological polar surface area (TPSA) is 17.8 Å². The molecule has 0 atom stereocenters. The summed E-state index contributed by atoms with van der Waals surface area (Å²) >= 11 is 0. The van der Waals surface area contributed by atoms with Crippen molar-refractivity contribution in [2.24, 2.45) is 0 Å². The SMILES string of the molecule is CCCn1ccnc1C.Cl.Cl. The van der Waals surface area contributed by atoms with Crippen molar-refractivity contribution >= 4 is 24.8 Å². The highest BCUT2D eigenvalue weighted by Gasteiger charge is 1.91. The minimum atomic E-state index is 0. The van der Waals surface area contributed by atoms with Crippen molar-refractivity contribution in [3.05, 3.63) is 18.2 Å². The van der Waals surface area contributed by atoms with Gasteiger partial charge in [0.2, 0.25) is 0 Å². The summed E-state index contributed by atoms with van der Waals surface area (Å²) in [5.41, 5.74) is 0. The molecule has 0 saturated heterocycles. The molecule has 0 fully saturated rings. The predicted molar refractivity (Wildman–Crippen MR) is 51.8 cm³/mol. The molecule has 0 unspecified atom stereocenters. The molecule has 2 nitrogen and oxygen atoms in total. The molecule has 0 N–H and O–H groups in total. The second-order valence-corrected chi connectivity index (χ2v) is 2.17. The Morgan fingerprint density at radius 2 is 2.09 bits per heavy atom. The van der Waals surface area contributed by atoms with Crippen molar-refractivity contribution in [2.75, 3.05) is 0 Å². The summed E-state index contributed by atoms with van der Waals surface area (Å²) in [5, 5.41) is 0. The predicted octanol–water partition coefficient (Wildman–Crippen LogP) is 2.45. The molecule has 0 amide bonds. The van der Waals surface area contributed by atoms with Crippen LogP contribution in [0.1, 0.15) is 19.2 Å². The number of aryl methyl sites for hydroxylation is 2. The minimum Gasteiger partial charge on any atom is -0.335 e. The lowest BCUT2D eigenvalue weighted by Gasteiger charge is -1.99. The summed E-state index contributed by atoms with van der Waals surface area (Å²) in [7, 11) is 0. The van der Waals surface area contributed by atoms with Gasteiger partial charge in [0.25, 0.3) is 0 Å². The van der Waals surface area contributed by atoms with E-state index in [-0.39, 0.29) is 24.8 Å². The van der Waals surface area contributed by atoms with Gasteiger partial charge in [-0.2, -0.15) is 0 Å². The summed E-state index contributed by atoms with van der Waals surface area (Å²) in [6.07, 6.45) is 5.03. The Labute approximate surface area is 79.8 Å². The number of aromatic nitrogens is 2. The third kappa shape index (κ3) is 3.63. The zero-order valence-electron chi connectivity index (χ0n) is 6.78. The quantitative estimate of drug-likeness (QED) is 0.711. The third-order valence-electron chi connectivity index (χ3n) is 1.39. The van der Waals surface area contributed by atoms with Crippen LogP contribution in [0.2, 0.25) is 0 Å². The molecule has 0 spiro atoms. The average molecular weight is 197 g/mol. The molecule has 0 saturated carbocycles. The van der Waals surface area contributed by atoms with E-state index < -0.39 is 0 Å². The first-order valence-corrected chi connectivity index (χ1v) is 3.32. The molecule has 0 aliphatic carbocycles.